The molecule has 4 heteroatoms. The van der Waals surface area contributed by atoms with Gasteiger partial charge in [0.2, 0.25) is 0 Å². The Kier molecular flexibility index (Phi) is 5.45. The number of aryl methyl sites for hydroxylation is 1. The molecule has 0 radical (unpaired) electrons. The normalized spacial score (nSPS) is 22.5. The molecule has 118 valence electrons. The van der Waals surface area contributed by atoms with Crippen LogP contribution >= 0.6 is 0 Å². The summed E-state index contributed by atoms with van der Waals surface area (Å²) >= 11 is 0. The molecule has 1 saturated heterocycles. The summed E-state index contributed by atoms with van der Waals surface area (Å²) in [6.45, 7) is 10.4. The second-order valence-corrected chi connectivity index (χ2v) is 6.15. The van der Waals surface area contributed by atoms with Gasteiger partial charge in [0.15, 0.2) is 0 Å². The molecule has 2 atom stereocenters. The van der Waals surface area contributed by atoms with Crippen molar-refractivity contribution >= 4 is 5.69 Å². The number of hydrogen-bond acceptors (Lipinski definition) is 3. The van der Waals surface area contributed by atoms with Gasteiger partial charge in [-0.2, -0.15) is 0 Å². The van der Waals surface area contributed by atoms with Crippen LogP contribution < -0.4 is 10.1 Å². The van der Waals surface area contributed by atoms with E-state index in [1.165, 1.54) is 12.5 Å². The van der Waals surface area contributed by atoms with E-state index < -0.39 is 0 Å². The molecular formula is C17H27FN2O. The van der Waals surface area contributed by atoms with Gasteiger partial charge < -0.3 is 15.0 Å². The number of anilines is 1. The first-order chi connectivity index (χ1) is 10.0. The van der Waals surface area contributed by atoms with Crippen molar-refractivity contribution in [2.24, 2.45) is 11.8 Å². The van der Waals surface area contributed by atoms with E-state index in [1.54, 1.807) is 7.05 Å². The van der Waals surface area contributed by atoms with Gasteiger partial charge >= 0.3 is 0 Å². The van der Waals surface area contributed by atoms with Crippen LogP contribution in [0.1, 0.15) is 25.8 Å². The van der Waals surface area contributed by atoms with Gasteiger partial charge in [-0.05, 0) is 37.4 Å². The second kappa shape index (κ2) is 7.12. The number of likely N-dealkylation sites (tertiary alicyclic amines) is 1. The summed E-state index contributed by atoms with van der Waals surface area (Å²) in [7, 11) is 1.73. The Bertz CT molecular complexity index is 455. The summed E-state index contributed by atoms with van der Waals surface area (Å²) in [5.74, 6) is 1.55. The highest BCUT2D eigenvalue weighted by atomic mass is 19.1. The molecule has 1 fully saturated rings. The predicted octanol–water partition coefficient (Wildman–Crippen LogP) is 3.53. The molecular weight excluding hydrogens is 267 g/mol. The molecule has 21 heavy (non-hydrogen) atoms. The van der Waals surface area contributed by atoms with Crippen molar-refractivity contribution in [3.8, 4) is 5.75 Å². The fourth-order valence-corrected chi connectivity index (χ4v) is 3.17. The van der Waals surface area contributed by atoms with Gasteiger partial charge in [-0.25, -0.2) is 4.39 Å². The maximum Gasteiger partial charge on any atom is 0.150 e. The minimum atomic E-state index is -0.250. The third-order valence-corrected chi connectivity index (χ3v) is 4.36. The van der Waals surface area contributed by atoms with Crippen molar-refractivity contribution in [2.75, 3.05) is 38.6 Å². The lowest BCUT2D eigenvalue weighted by Gasteiger charge is -2.17. The van der Waals surface area contributed by atoms with Crippen LogP contribution in [0.3, 0.4) is 0 Å². The van der Waals surface area contributed by atoms with Crippen molar-refractivity contribution in [1.82, 2.24) is 4.90 Å². The second-order valence-electron chi connectivity index (χ2n) is 6.15. The van der Waals surface area contributed by atoms with Crippen LogP contribution in [0.4, 0.5) is 10.1 Å². The average Bonchev–Trinajstić information content (AvgIpc) is 2.77. The standard InChI is InChI=1S/C17H27FN2O/c1-5-6-20-9-13(3)14(10-20)11-21-15-7-12(2)17(19-4)16(18)8-15/h7-8,13-14,19H,5-6,9-11H2,1-4H3. The molecule has 0 saturated carbocycles. The van der Waals surface area contributed by atoms with E-state index in [9.17, 15) is 4.39 Å². The molecule has 2 unspecified atom stereocenters. The Hall–Kier alpha value is -1.29. The minimum absolute atomic E-state index is 0.250. The number of halogens is 1. The molecule has 0 spiro atoms. The highest BCUT2D eigenvalue weighted by Crippen LogP contribution is 2.28. The molecule has 1 heterocycles. The first kappa shape index (κ1) is 16.1. The zero-order chi connectivity index (χ0) is 15.4. The maximum absolute atomic E-state index is 13.9. The van der Waals surface area contributed by atoms with Gasteiger partial charge in [0, 0.05) is 32.1 Å². The van der Waals surface area contributed by atoms with Gasteiger partial charge in [-0.3, -0.25) is 0 Å². The zero-order valence-corrected chi connectivity index (χ0v) is 13.6. The van der Waals surface area contributed by atoms with E-state index in [1.807, 2.05) is 13.0 Å². The van der Waals surface area contributed by atoms with E-state index in [-0.39, 0.29) is 5.82 Å². The first-order valence-corrected chi connectivity index (χ1v) is 7.88. The average molecular weight is 294 g/mol. The van der Waals surface area contributed by atoms with Gasteiger partial charge in [0.25, 0.3) is 0 Å². The lowest BCUT2D eigenvalue weighted by Crippen LogP contribution is -2.23. The van der Waals surface area contributed by atoms with E-state index in [4.69, 9.17) is 4.74 Å². The SMILES string of the molecule is CCCN1CC(C)C(COc2cc(C)c(NC)c(F)c2)C1. The number of nitrogens with one attached hydrogen (secondary N) is 1. The summed E-state index contributed by atoms with van der Waals surface area (Å²) < 4.78 is 19.8. The van der Waals surface area contributed by atoms with Crippen molar-refractivity contribution in [3.63, 3.8) is 0 Å². The smallest absolute Gasteiger partial charge is 0.150 e. The van der Waals surface area contributed by atoms with Crippen LogP contribution in [-0.4, -0.2) is 38.2 Å². The molecule has 1 aliphatic rings. The zero-order valence-electron chi connectivity index (χ0n) is 13.6. The van der Waals surface area contributed by atoms with Gasteiger partial charge in [-0.15, -0.1) is 0 Å². The highest BCUT2D eigenvalue weighted by molar-refractivity contribution is 5.54. The third kappa shape index (κ3) is 3.88. The van der Waals surface area contributed by atoms with Gasteiger partial charge in [0.1, 0.15) is 11.6 Å². The number of nitrogens with zero attached hydrogens (tertiary/aromatic N) is 1. The molecule has 0 aliphatic carbocycles. The quantitative estimate of drug-likeness (QED) is 0.868. The third-order valence-electron chi connectivity index (χ3n) is 4.36. The first-order valence-electron chi connectivity index (χ1n) is 7.88. The van der Waals surface area contributed by atoms with Crippen molar-refractivity contribution < 1.29 is 9.13 Å². The summed E-state index contributed by atoms with van der Waals surface area (Å²) in [6.07, 6.45) is 1.19. The summed E-state index contributed by atoms with van der Waals surface area (Å²) in [4.78, 5) is 2.49. The lowest BCUT2D eigenvalue weighted by molar-refractivity contribution is 0.224. The molecule has 0 bridgehead atoms. The fraction of sp³-hybridized carbons (Fsp3) is 0.647. The summed E-state index contributed by atoms with van der Waals surface area (Å²) in [5.41, 5.74) is 1.42. The van der Waals surface area contributed by atoms with Crippen LogP contribution in [0.5, 0.6) is 5.75 Å². The molecule has 2 rings (SSSR count). The van der Waals surface area contributed by atoms with Gasteiger partial charge in [0.05, 0.1) is 12.3 Å². The van der Waals surface area contributed by atoms with E-state index >= 15 is 0 Å². The van der Waals surface area contributed by atoms with E-state index in [2.05, 4.69) is 24.1 Å². The number of hydrogen-bond donors (Lipinski definition) is 1. The Morgan fingerprint density at radius 3 is 2.76 bits per heavy atom. The highest BCUT2D eigenvalue weighted by Gasteiger charge is 2.29. The van der Waals surface area contributed by atoms with Crippen LogP contribution in [0.2, 0.25) is 0 Å². The predicted molar refractivity (Wildman–Crippen MR) is 85.6 cm³/mol. The molecule has 0 amide bonds. The fourth-order valence-electron chi connectivity index (χ4n) is 3.17. The topological polar surface area (TPSA) is 24.5 Å². The Labute approximate surface area is 127 Å². The molecule has 1 aromatic carbocycles. The number of ether oxygens (including phenoxy) is 1. The Morgan fingerprint density at radius 1 is 1.38 bits per heavy atom. The minimum Gasteiger partial charge on any atom is -0.493 e. The van der Waals surface area contributed by atoms with Crippen molar-refractivity contribution in [1.29, 1.82) is 0 Å². The Balaban J connectivity index is 1.94. The van der Waals surface area contributed by atoms with Crippen molar-refractivity contribution in [3.05, 3.63) is 23.5 Å². The van der Waals surface area contributed by atoms with Crippen LogP contribution in [0.15, 0.2) is 12.1 Å². The molecule has 1 N–H and O–H groups in total. The van der Waals surface area contributed by atoms with Crippen LogP contribution in [-0.2, 0) is 0 Å². The van der Waals surface area contributed by atoms with Crippen LogP contribution in [0, 0.1) is 24.6 Å². The number of rotatable bonds is 6. The van der Waals surface area contributed by atoms with Crippen LogP contribution in [0.25, 0.3) is 0 Å². The molecule has 3 nitrogen and oxygen atoms in total. The Morgan fingerprint density at radius 2 is 2.14 bits per heavy atom. The molecule has 1 aromatic rings. The van der Waals surface area contributed by atoms with E-state index in [0.717, 1.165) is 25.2 Å². The molecule has 0 aromatic heterocycles. The summed E-state index contributed by atoms with van der Waals surface area (Å²) in [6, 6.07) is 3.38. The van der Waals surface area contributed by atoms with E-state index in [0.29, 0.717) is 29.9 Å². The number of benzene rings is 1. The monoisotopic (exact) mass is 294 g/mol. The largest absolute Gasteiger partial charge is 0.493 e. The molecule has 1 aliphatic heterocycles. The summed E-state index contributed by atoms with van der Waals surface area (Å²) in [5, 5.41) is 2.88. The lowest BCUT2D eigenvalue weighted by atomic mass is 9.99. The van der Waals surface area contributed by atoms with Gasteiger partial charge in [-0.1, -0.05) is 13.8 Å². The van der Waals surface area contributed by atoms with Crippen molar-refractivity contribution in [2.45, 2.75) is 27.2 Å². The maximum atomic E-state index is 13.9.